The van der Waals surface area contributed by atoms with Gasteiger partial charge in [0.15, 0.2) is 10.0 Å². The molecular formula is C36H38Cl2N6O9S2. The Kier molecular flexibility index (Phi) is 13.5. The van der Waals surface area contributed by atoms with Crippen LogP contribution in [0.25, 0.3) is 11.1 Å². The zero-order chi connectivity index (χ0) is 39.1. The van der Waals surface area contributed by atoms with Crippen LogP contribution in [0.5, 0.6) is 0 Å². The van der Waals surface area contributed by atoms with E-state index in [9.17, 15) is 34.5 Å². The van der Waals surface area contributed by atoms with Crippen molar-refractivity contribution in [2.75, 3.05) is 37.1 Å². The van der Waals surface area contributed by atoms with Crippen LogP contribution in [0.4, 0.5) is 11.4 Å². The molecule has 0 radical (unpaired) electrons. The first-order valence-electron chi connectivity index (χ1n) is 17.4. The van der Waals surface area contributed by atoms with Gasteiger partial charge in [0.1, 0.15) is 6.04 Å². The van der Waals surface area contributed by atoms with Gasteiger partial charge in [0.2, 0.25) is 5.72 Å². The third kappa shape index (κ3) is 9.68. The number of rotatable bonds is 15. The Morgan fingerprint density at radius 2 is 1.27 bits per heavy atom. The van der Waals surface area contributed by atoms with E-state index < -0.39 is 41.4 Å². The molecule has 15 nitrogen and oxygen atoms in total. The highest BCUT2D eigenvalue weighted by molar-refractivity contribution is 7.14. The second-order valence-electron chi connectivity index (χ2n) is 13.0. The molecular weight excluding hydrogens is 795 g/mol. The minimum Gasteiger partial charge on any atom is -0.480 e. The zero-order valence-corrected chi connectivity index (χ0v) is 32.3. The number of anilines is 2. The summed E-state index contributed by atoms with van der Waals surface area (Å²) >= 11 is 15.8. The smallest absolute Gasteiger partial charge is 0.351 e. The monoisotopic (exact) mass is 832 g/mol. The maximum atomic E-state index is 13.2. The number of amides is 2. The number of aliphatic hydroxyl groups is 1. The summed E-state index contributed by atoms with van der Waals surface area (Å²) in [6.45, 7) is 1.96. The summed E-state index contributed by atoms with van der Waals surface area (Å²) in [5, 5.41) is 42.4. The number of halogens is 2. The maximum Gasteiger partial charge on any atom is 0.351 e. The number of aliphatic carboxylic acids is 2. The third-order valence-corrected chi connectivity index (χ3v) is 12.3. The van der Waals surface area contributed by atoms with Gasteiger partial charge < -0.3 is 35.4 Å². The lowest BCUT2D eigenvalue weighted by molar-refractivity contribution is -0.175. The van der Waals surface area contributed by atoms with Crippen molar-refractivity contribution >= 4 is 81.0 Å². The molecule has 2 atom stereocenters. The van der Waals surface area contributed by atoms with Crippen molar-refractivity contribution in [2.24, 2.45) is 11.8 Å². The van der Waals surface area contributed by atoms with E-state index in [4.69, 9.17) is 32.7 Å². The van der Waals surface area contributed by atoms with E-state index in [1.165, 1.54) is 12.4 Å². The van der Waals surface area contributed by atoms with E-state index in [0.29, 0.717) is 78.7 Å². The molecule has 2 aliphatic heterocycles. The quantitative estimate of drug-likeness (QED) is 0.0754. The lowest BCUT2D eigenvalue weighted by Gasteiger charge is -2.35. The number of ether oxygens (including phenoxy) is 2. The second kappa shape index (κ2) is 18.3. The molecule has 292 valence electrons. The fourth-order valence-electron chi connectivity index (χ4n) is 6.46. The Hall–Kier alpha value is -4.04. The van der Waals surface area contributed by atoms with Crippen molar-refractivity contribution < 1.29 is 44.0 Å². The Balaban J connectivity index is 1.09. The van der Waals surface area contributed by atoms with Crippen LogP contribution in [0.3, 0.4) is 0 Å². The first-order chi connectivity index (χ1) is 26.4. The second-order valence-corrected chi connectivity index (χ2v) is 16.0. The Labute approximate surface area is 333 Å². The lowest BCUT2D eigenvalue weighted by Crippen LogP contribution is -2.58. The Morgan fingerprint density at radius 1 is 0.782 bits per heavy atom. The average molecular weight is 834 g/mol. The van der Waals surface area contributed by atoms with Crippen LogP contribution >= 0.6 is 45.9 Å². The number of nitrogens with zero attached hydrogens (tertiary/aromatic N) is 2. The molecule has 6 rings (SSSR count). The highest BCUT2D eigenvalue weighted by atomic mass is 35.5. The molecule has 2 aliphatic rings. The predicted molar refractivity (Wildman–Crippen MR) is 207 cm³/mol. The minimum absolute atomic E-state index is 0.0300. The molecule has 0 saturated carbocycles. The molecule has 2 amide bonds. The number of nitrogens with one attached hydrogen (secondary N) is 4. The van der Waals surface area contributed by atoms with Crippen LogP contribution in [0.2, 0.25) is 10.0 Å². The van der Waals surface area contributed by atoms with Crippen molar-refractivity contribution in [1.29, 1.82) is 0 Å². The highest BCUT2D eigenvalue weighted by Gasteiger charge is 2.44. The molecule has 55 heavy (non-hydrogen) atoms. The summed E-state index contributed by atoms with van der Waals surface area (Å²) < 4.78 is 10.7. The molecule has 0 spiro atoms. The van der Waals surface area contributed by atoms with E-state index in [0.717, 1.165) is 22.7 Å². The van der Waals surface area contributed by atoms with Gasteiger partial charge in [-0.15, -0.1) is 22.7 Å². The Bertz CT molecular complexity index is 2040. The number of thiazole rings is 2. The number of hydrogen-bond donors (Lipinski definition) is 7. The van der Waals surface area contributed by atoms with Gasteiger partial charge in [0.25, 0.3) is 11.8 Å². The molecule has 4 aromatic rings. The standard InChI is InChI=1S/C36H38Cl2N6O9S2/c37-27-23(3-1-5-25(27)43-30(45)32-40-16-21(54-32)15-39-29(34(47)48)19-7-11-52-12-8-19)24-4-2-6-26(28(24)38)44-31(46)33-41-17-22(55-33)18-42-36(51,35(49)50)20-9-13-53-14-10-20/h1-6,16-17,19-20,29,39,42,51H,7-15,18H2,(H,43,45)(H,44,46)(H,47,48)(H,49,50)/t29-,36-/m0/s1. The fraction of sp³-hybridized carbons (Fsp3) is 0.389. The molecule has 7 N–H and O–H groups in total. The van der Waals surface area contributed by atoms with Gasteiger partial charge in [-0.3, -0.25) is 25.0 Å². The SMILES string of the molecule is O=C(Nc1cccc(-c2cccc(NC(=O)c3ncc(CN[C@@](O)(C(=O)O)C4CCOCC4)s3)c2Cl)c1Cl)c1ncc(CN[C@H](C(=O)O)C2CCOCC2)s1. The highest BCUT2D eigenvalue weighted by Crippen LogP contribution is 2.40. The molecule has 2 aromatic heterocycles. The summed E-state index contributed by atoms with van der Waals surface area (Å²) in [6.07, 6.45) is 5.04. The largest absolute Gasteiger partial charge is 0.480 e. The molecule has 2 saturated heterocycles. The van der Waals surface area contributed by atoms with E-state index >= 15 is 0 Å². The number of hydrogen-bond acceptors (Lipinski definition) is 13. The van der Waals surface area contributed by atoms with Gasteiger partial charge in [-0.05, 0) is 43.7 Å². The van der Waals surface area contributed by atoms with Crippen molar-refractivity contribution in [3.05, 3.63) is 78.6 Å². The van der Waals surface area contributed by atoms with E-state index in [-0.39, 0.29) is 44.8 Å². The van der Waals surface area contributed by atoms with Crippen LogP contribution in [0.1, 0.15) is 55.0 Å². The Morgan fingerprint density at radius 3 is 1.76 bits per heavy atom. The normalized spacial score (nSPS) is 16.9. The number of carboxylic acid groups (broad SMARTS) is 2. The molecule has 19 heteroatoms. The van der Waals surface area contributed by atoms with Crippen molar-refractivity contribution in [1.82, 2.24) is 20.6 Å². The average Bonchev–Trinajstić information content (AvgIpc) is 3.87. The first kappa shape index (κ1) is 40.6. The summed E-state index contributed by atoms with van der Waals surface area (Å²) in [6, 6.07) is 9.29. The number of aromatic nitrogens is 2. The van der Waals surface area contributed by atoms with E-state index in [1.807, 2.05) is 0 Å². The zero-order valence-electron chi connectivity index (χ0n) is 29.2. The lowest BCUT2D eigenvalue weighted by atomic mass is 9.88. The number of carbonyl (C=O) groups is 4. The third-order valence-electron chi connectivity index (χ3n) is 9.45. The van der Waals surface area contributed by atoms with E-state index in [2.05, 4.69) is 31.2 Å². The molecule has 2 fully saturated rings. The predicted octanol–water partition coefficient (Wildman–Crippen LogP) is 5.34. The fourth-order valence-corrected chi connectivity index (χ4v) is 8.52. The molecule has 0 aliphatic carbocycles. The molecule has 4 heterocycles. The first-order valence-corrected chi connectivity index (χ1v) is 19.8. The molecule has 0 unspecified atom stereocenters. The van der Waals surface area contributed by atoms with Crippen LogP contribution in [0, 0.1) is 11.8 Å². The minimum atomic E-state index is -2.16. The number of benzene rings is 2. The summed E-state index contributed by atoms with van der Waals surface area (Å²) in [4.78, 5) is 60.0. The van der Waals surface area contributed by atoms with Gasteiger partial charge in [-0.25, -0.2) is 14.8 Å². The van der Waals surface area contributed by atoms with Crippen LogP contribution in [-0.2, 0) is 32.2 Å². The molecule has 2 aromatic carbocycles. The molecule has 0 bridgehead atoms. The van der Waals surface area contributed by atoms with Crippen LogP contribution in [-0.4, -0.2) is 87.2 Å². The van der Waals surface area contributed by atoms with Gasteiger partial charge in [-0.1, -0.05) is 47.5 Å². The number of carbonyl (C=O) groups excluding carboxylic acids is 2. The van der Waals surface area contributed by atoms with Crippen molar-refractivity contribution in [3.63, 3.8) is 0 Å². The van der Waals surface area contributed by atoms with Crippen molar-refractivity contribution in [3.8, 4) is 11.1 Å². The number of carboxylic acids is 2. The van der Waals surface area contributed by atoms with Crippen molar-refractivity contribution in [2.45, 2.75) is 50.5 Å². The van der Waals surface area contributed by atoms with Gasteiger partial charge >= 0.3 is 11.9 Å². The van der Waals surface area contributed by atoms with Gasteiger partial charge in [0.05, 0.1) is 21.4 Å². The summed E-state index contributed by atoms with van der Waals surface area (Å²) in [5.41, 5.74) is -0.630. The summed E-state index contributed by atoms with van der Waals surface area (Å²) in [7, 11) is 0. The van der Waals surface area contributed by atoms with Crippen LogP contribution < -0.4 is 21.3 Å². The van der Waals surface area contributed by atoms with Crippen LogP contribution in [0.15, 0.2) is 48.8 Å². The van der Waals surface area contributed by atoms with E-state index in [1.54, 1.807) is 36.4 Å². The van der Waals surface area contributed by atoms with Gasteiger partial charge in [0, 0.05) is 78.7 Å². The summed E-state index contributed by atoms with van der Waals surface area (Å²) in [5.74, 6) is -3.98. The van der Waals surface area contributed by atoms with Gasteiger partial charge in [-0.2, -0.15) is 0 Å². The maximum absolute atomic E-state index is 13.2. The topological polar surface area (TPSA) is 221 Å².